The predicted octanol–water partition coefficient (Wildman–Crippen LogP) is 0.909. The summed E-state index contributed by atoms with van der Waals surface area (Å²) in [5.74, 6) is 0.166. The number of urea groups is 1. The van der Waals surface area contributed by atoms with Crippen molar-refractivity contribution >= 4 is 34.4 Å². The molecule has 0 aliphatic carbocycles. The van der Waals surface area contributed by atoms with Crippen molar-refractivity contribution in [3.8, 4) is 5.75 Å². The van der Waals surface area contributed by atoms with Crippen LogP contribution in [0.15, 0.2) is 24.4 Å². The van der Waals surface area contributed by atoms with Gasteiger partial charge in [0.15, 0.2) is 0 Å². The maximum Gasteiger partial charge on any atom is 0.322 e. The van der Waals surface area contributed by atoms with Crippen LogP contribution in [0.25, 0.3) is 10.8 Å². The summed E-state index contributed by atoms with van der Waals surface area (Å²) < 4.78 is 5.79. The van der Waals surface area contributed by atoms with Gasteiger partial charge in [0.1, 0.15) is 17.1 Å². The molecular formula is C19H21N5O4. The number of carbonyl (C=O) groups excluding carboxylic acids is 3. The SMILES string of the molecule is CC(C)Oc1cc2c(N3CCC4(C3)NC(=O)NC4=O)nccc2cc1C(N)=O. The lowest BCUT2D eigenvalue weighted by Crippen LogP contribution is -2.49. The van der Waals surface area contributed by atoms with Gasteiger partial charge in [0.2, 0.25) is 0 Å². The molecule has 4 N–H and O–H groups in total. The Morgan fingerprint density at radius 1 is 1.36 bits per heavy atom. The molecule has 1 unspecified atom stereocenters. The molecule has 2 aliphatic rings. The Balaban J connectivity index is 1.77. The molecule has 0 bridgehead atoms. The standard InChI is InChI=1S/C19H21N5O4/c1-10(2)28-14-8-12-11(7-13(14)15(20)25)3-5-21-16(12)24-6-4-19(9-24)17(26)22-18(27)23-19/h3,5,7-8,10H,4,6,9H2,1-2H3,(H2,20,25)(H2,22,23,26,27). The number of benzene rings is 1. The molecule has 0 radical (unpaired) electrons. The molecule has 1 aromatic heterocycles. The second-order valence-corrected chi connectivity index (χ2v) is 7.40. The minimum absolute atomic E-state index is 0.136. The number of nitrogens with two attached hydrogens (primary N) is 1. The molecule has 28 heavy (non-hydrogen) atoms. The average Bonchev–Trinajstić information content (AvgIpc) is 3.16. The molecule has 2 fully saturated rings. The van der Waals surface area contributed by atoms with Crippen LogP contribution in [-0.2, 0) is 4.79 Å². The zero-order valence-corrected chi connectivity index (χ0v) is 15.6. The summed E-state index contributed by atoms with van der Waals surface area (Å²) in [5, 5.41) is 6.61. The number of pyridine rings is 1. The van der Waals surface area contributed by atoms with Crippen molar-refractivity contribution in [3.05, 3.63) is 30.0 Å². The van der Waals surface area contributed by atoms with Crippen molar-refractivity contribution in [2.45, 2.75) is 31.9 Å². The number of aromatic nitrogens is 1. The van der Waals surface area contributed by atoms with Gasteiger partial charge in [-0.25, -0.2) is 9.78 Å². The third-order valence-electron chi connectivity index (χ3n) is 5.06. The van der Waals surface area contributed by atoms with Crippen LogP contribution in [0.2, 0.25) is 0 Å². The predicted molar refractivity (Wildman–Crippen MR) is 102 cm³/mol. The first-order valence-electron chi connectivity index (χ1n) is 9.07. The number of ether oxygens (including phenoxy) is 1. The van der Waals surface area contributed by atoms with Gasteiger partial charge in [0, 0.05) is 18.1 Å². The minimum Gasteiger partial charge on any atom is -0.490 e. The molecule has 2 saturated heterocycles. The van der Waals surface area contributed by atoms with Crippen LogP contribution in [0, 0.1) is 0 Å². The summed E-state index contributed by atoms with van der Waals surface area (Å²) >= 11 is 0. The molecule has 1 atom stereocenters. The molecule has 4 rings (SSSR count). The summed E-state index contributed by atoms with van der Waals surface area (Å²) in [6.45, 7) is 4.60. The topological polar surface area (TPSA) is 127 Å². The van der Waals surface area contributed by atoms with Crippen LogP contribution in [-0.4, -0.2) is 47.6 Å². The van der Waals surface area contributed by atoms with Gasteiger partial charge in [-0.2, -0.15) is 0 Å². The van der Waals surface area contributed by atoms with Gasteiger partial charge in [-0.1, -0.05) is 0 Å². The summed E-state index contributed by atoms with van der Waals surface area (Å²) in [6, 6.07) is 4.77. The lowest BCUT2D eigenvalue weighted by Gasteiger charge is -2.23. The maximum atomic E-state index is 12.2. The van der Waals surface area contributed by atoms with Gasteiger partial charge in [-0.3, -0.25) is 14.9 Å². The van der Waals surface area contributed by atoms with Crippen molar-refractivity contribution in [2.24, 2.45) is 5.73 Å². The zero-order chi connectivity index (χ0) is 20.1. The average molecular weight is 383 g/mol. The molecule has 9 nitrogen and oxygen atoms in total. The second-order valence-electron chi connectivity index (χ2n) is 7.40. The van der Waals surface area contributed by atoms with Crippen molar-refractivity contribution in [3.63, 3.8) is 0 Å². The Morgan fingerprint density at radius 3 is 2.79 bits per heavy atom. The summed E-state index contributed by atoms with van der Waals surface area (Å²) in [5.41, 5.74) is 4.88. The lowest BCUT2D eigenvalue weighted by molar-refractivity contribution is -0.123. The molecule has 2 aromatic rings. The summed E-state index contributed by atoms with van der Waals surface area (Å²) in [4.78, 5) is 42.1. The Morgan fingerprint density at radius 2 is 2.14 bits per heavy atom. The van der Waals surface area contributed by atoms with Gasteiger partial charge in [-0.05, 0) is 43.9 Å². The van der Waals surface area contributed by atoms with E-state index in [1.165, 1.54) is 0 Å². The summed E-state index contributed by atoms with van der Waals surface area (Å²) in [7, 11) is 0. The Bertz CT molecular complexity index is 1010. The number of hydrogen-bond donors (Lipinski definition) is 3. The van der Waals surface area contributed by atoms with E-state index in [1.54, 1.807) is 24.4 Å². The largest absolute Gasteiger partial charge is 0.490 e. The first-order valence-corrected chi connectivity index (χ1v) is 9.07. The van der Waals surface area contributed by atoms with Crippen molar-refractivity contribution in [1.82, 2.24) is 15.6 Å². The number of hydrogen-bond acceptors (Lipinski definition) is 6. The highest BCUT2D eigenvalue weighted by molar-refractivity contribution is 6.08. The highest BCUT2D eigenvalue weighted by Gasteiger charge is 2.51. The first-order chi connectivity index (χ1) is 13.3. The minimum atomic E-state index is -0.939. The van der Waals surface area contributed by atoms with E-state index in [2.05, 4.69) is 15.6 Å². The highest BCUT2D eigenvalue weighted by Crippen LogP contribution is 2.35. The van der Waals surface area contributed by atoms with Gasteiger partial charge in [0.05, 0.1) is 18.2 Å². The molecule has 146 valence electrons. The van der Waals surface area contributed by atoms with E-state index in [4.69, 9.17) is 10.5 Å². The van der Waals surface area contributed by atoms with Crippen molar-refractivity contribution < 1.29 is 19.1 Å². The number of anilines is 1. The molecule has 1 spiro atoms. The number of nitrogens with one attached hydrogen (secondary N) is 2. The molecule has 1 aromatic carbocycles. The normalized spacial score (nSPS) is 21.5. The van der Waals surface area contributed by atoms with E-state index in [0.717, 1.165) is 10.8 Å². The number of imide groups is 1. The van der Waals surface area contributed by atoms with E-state index < -0.39 is 17.5 Å². The molecule has 0 saturated carbocycles. The first kappa shape index (κ1) is 18.0. The monoisotopic (exact) mass is 383 g/mol. The molecule has 4 amide bonds. The number of rotatable bonds is 4. The van der Waals surface area contributed by atoms with E-state index in [1.807, 2.05) is 18.7 Å². The van der Waals surface area contributed by atoms with E-state index in [0.29, 0.717) is 36.6 Å². The highest BCUT2D eigenvalue weighted by atomic mass is 16.5. The van der Waals surface area contributed by atoms with E-state index in [9.17, 15) is 14.4 Å². The van der Waals surface area contributed by atoms with Gasteiger partial charge in [-0.15, -0.1) is 0 Å². The van der Waals surface area contributed by atoms with Crippen LogP contribution in [0.1, 0.15) is 30.6 Å². The smallest absolute Gasteiger partial charge is 0.322 e. The quantitative estimate of drug-likeness (QED) is 0.674. The van der Waals surface area contributed by atoms with Crippen LogP contribution < -0.4 is 26.0 Å². The number of fused-ring (bicyclic) bond motifs is 1. The number of carbonyl (C=O) groups is 3. The molecule has 3 heterocycles. The van der Waals surface area contributed by atoms with E-state index >= 15 is 0 Å². The van der Waals surface area contributed by atoms with Crippen LogP contribution in [0.4, 0.5) is 10.6 Å². The maximum absolute atomic E-state index is 12.2. The van der Waals surface area contributed by atoms with Gasteiger partial charge in [0.25, 0.3) is 11.8 Å². The van der Waals surface area contributed by atoms with E-state index in [-0.39, 0.29) is 12.0 Å². The van der Waals surface area contributed by atoms with Crippen LogP contribution in [0.3, 0.4) is 0 Å². The fourth-order valence-electron chi connectivity index (χ4n) is 3.79. The second kappa shape index (κ2) is 6.36. The Hall–Kier alpha value is -3.36. The zero-order valence-electron chi connectivity index (χ0n) is 15.6. The number of nitrogens with zero attached hydrogens (tertiary/aromatic N) is 2. The molecule has 2 aliphatic heterocycles. The van der Waals surface area contributed by atoms with Crippen LogP contribution >= 0.6 is 0 Å². The van der Waals surface area contributed by atoms with Gasteiger partial charge >= 0.3 is 6.03 Å². The summed E-state index contributed by atoms with van der Waals surface area (Å²) in [6.07, 6.45) is 1.99. The Kier molecular flexibility index (Phi) is 4.10. The Labute approximate surface area is 161 Å². The van der Waals surface area contributed by atoms with Gasteiger partial charge < -0.3 is 20.7 Å². The van der Waals surface area contributed by atoms with Crippen LogP contribution in [0.5, 0.6) is 5.75 Å². The number of amides is 4. The third kappa shape index (κ3) is 2.88. The molecular weight excluding hydrogens is 362 g/mol. The fourth-order valence-corrected chi connectivity index (χ4v) is 3.79. The van der Waals surface area contributed by atoms with Crippen molar-refractivity contribution in [1.29, 1.82) is 0 Å². The lowest BCUT2D eigenvalue weighted by atomic mass is 9.99. The number of primary amides is 1. The molecule has 9 heteroatoms. The third-order valence-corrected chi connectivity index (χ3v) is 5.06. The van der Waals surface area contributed by atoms with Crippen molar-refractivity contribution in [2.75, 3.05) is 18.0 Å². The fraction of sp³-hybridized carbons (Fsp3) is 0.368.